The van der Waals surface area contributed by atoms with Crippen molar-refractivity contribution >= 4 is 12.4 Å². The van der Waals surface area contributed by atoms with E-state index in [0.29, 0.717) is 13.0 Å². The fraction of sp³-hybridized carbons (Fsp3) is 0.700. The van der Waals surface area contributed by atoms with Gasteiger partial charge in [0.05, 0.1) is 12.2 Å². The Morgan fingerprint density at radius 2 is 1.62 bits per heavy atom. The van der Waals surface area contributed by atoms with Crippen LogP contribution in [0.2, 0.25) is 0 Å². The van der Waals surface area contributed by atoms with Crippen LogP contribution in [0.25, 0.3) is 0 Å². The first-order chi connectivity index (χ1) is 11.6. The number of hydrogen-bond donors (Lipinski definition) is 3. The molecule has 2 atom stereocenters. The van der Waals surface area contributed by atoms with Gasteiger partial charge in [-0.2, -0.15) is 0 Å². The monoisotopic (exact) mass is 383 g/mol. The molecule has 4 aliphatic carbocycles. The highest BCUT2D eigenvalue weighted by atomic mass is 35.5. The molecule has 1 aliphatic heterocycles. The minimum atomic E-state index is -0.168. The molecule has 0 unspecified atom stereocenters. The van der Waals surface area contributed by atoms with Gasteiger partial charge in [0, 0.05) is 18.5 Å². The summed E-state index contributed by atoms with van der Waals surface area (Å²) >= 11 is 0. The lowest BCUT2D eigenvalue weighted by atomic mass is 9.47. The van der Waals surface area contributed by atoms with Crippen LogP contribution in [0, 0.1) is 23.2 Å². The molecule has 0 radical (unpaired) electrons. The van der Waals surface area contributed by atoms with E-state index >= 15 is 0 Å². The quantitative estimate of drug-likeness (QED) is 0.682. The number of phenolic OH excluding ortho intramolecular Hbond substituents is 2. The number of benzene rings is 1. The van der Waals surface area contributed by atoms with E-state index in [-0.39, 0.29) is 47.0 Å². The molecule has 1 heterocycles. The minimum Gasteiger partial charge on any atom is -0.504 e. The molecule has 1 aromatic rings. The minimum absolute atomic E-state index is 0. The van der Waals surface area contributed by atoms with E-state index in [1.165, 1.54) is 38.5 Å². The standard InChI is InChI=1S/C20H27NO3.ClH.H2O/c21-10-17-14-1-2-16(22)19(23)15(14)6-18(24-17)20-7-11-3-12(8-20)5-13(4-11)9-20;;/h1-2,11-13,17-18,22-23H,3-10,21H2;1H;1H2/t11?,12?,13?,17-,18-,20?;;/m0../s1. The van der Waals surface area contributed by atoms with Gasteiger partial charge in [-0.15, -0.1) is 12.4 Å². The molecular weight excluding hydrogens is 354 g/mol. The Morgan fingerprint density at radius 1 is 1.04 bits per heavy atom. The van der Waals surface area contributed by atoms with E-state index in [1.54, 1.807) is 6.07 Å². The van der Waals surface area contributed by atoms with Crippen molar-refractivity contribution < 1.29 is 20.4 Å². The van der Waals surface area contributed by atoms with Crippen LogP contribution in [0.1, 0.15) is 55.8 Å². The third-order valence-electron chi connectivity index (χ3n) is 7.35. The Bertz CT molecular complexity index is 645. The second-order valence-corrected chi connectivity index (χ2v) is 8.83. The molecule has 5 nitrogen and oxygen atoms in total. The largest absolute Gasteiger partial charge is 0.504 e. The van der Waals surface area contributed by atoms with Gasteiger partial charge in [-0.3, -0.25) is 0 Å². The van der Waals surface area contributed by atoms with Crippen LogP contribution >= 0.6 is 12.4 Å². The highest BCUT2D eigenvalue weighted by Crippen LogP contribution is 2.63. The number of aromatic hydroxyl groups is 2. The van der Waals surface area contributed by atoms with Crippen molar-refractivity contribution in [3.63, 3.8) is 0 Å². The van der Waals surface area contributed by atoms with Crippen molar-refractivity contribution in [1.82, 2.24) is 0 Å². The summed E-state index contributed by atoms with van der Waals surface area (Å²) in [6.45, 7) is 0.417. The molecule has 6 N–H and O–H groups in total. The van der Waals surface area contributed by atoms with Crippen molar-refractivity contribution in [2.24, 2.45) is 28.9 Å². The predicted molar refractivity (Wildman–Crippen MR) is 102 cm³/mol. The molecule has 0 amide bonds. The first kappa shape index (κ1) is 19.7. The van der Waals surface area contributed by atoms with Crippen molar-refractivity contribution in [3.05, 3.63) is 23.3 Å². The normalized spacial score (nSPS) is 39.7. The van der Waals surface area contributed by atoms with E-state index in [2.05, 4.69) is 0 Å². The molecule has 4 bridgehead atoms. The van der Waals surface area contributed by atoms with E-state index in [4.69, 9.17) is 10.5 Å². The maximum Gasteiger partial charge on any atom is 0.161 e. The van der Waals surface area contributed by atoms with Crippen LogP contribution in [0.15, 0.2) is 12.1 Å². The second kappa shape index (κ2) is 6.86. The lowest BCUT2D eigenvalue weighted by Crippen LogP contribution is -2.54. The molecule has 6 heteroatoms. The van der Waals surface area contributed by atoms with Crippen LogP contribution < -0.4 is 5.73 Å². The molecule has 1 aromatic carbocycles. The molecule has 146 valence electrons. The van der Waals surface area contributed by atoms with Crippen LogP contribution in [0.3, 0.4) is 0 Å². The Kier molecular flexibility index (Phi) is 5.21. The maximum atomic E-state index is 10.4. The zero-order valence-electron chi connectivity index (χ0n) is 15.0. The molecule has 0 saturated heterocycles. The van der Waals surface area contributed by atoms with Gasteiger partial charge in [-0.25, -0.2) is 0 Å². The summed E-state index contributed by atoms with van der Waals surface area (Å²) in [4.78, 5) is 0. The fourth-order valence-electron chi connectivity index (χ4n) is 6.78. The van der Waals surface area contributed by atoms with E-state index in [0.717, 1.165) is 28.9 Å². The van der Waals surface area contributed by atoms with Crippen LogP contribution in [-0.2, 0) is 11.2 Å². The molecule has 4 saturated carbocycles. The Labute approximate surface area is 160 Å². The predicted octanol–water partition coefficient (Wildman–Crippen LogP) is 2.85. The molecule has 4 fully saturated rings. The third-order valence-corrected chi connectivity index (χ3v) is 7.35. The average Bonchev–Trinajstić information content (AvgIpc) is 2.56. The summed E-state index contributed by atoms with van der Waals surface area (Å²) < 4.78 is 6.52. The number of rotatable bonds is 2. The maximum absolute atomic E-state index is 10.4. The lowest BCUT2D eigenvalue weighted by molar-refractivity contribution is -0.165. The van der Waals surface area contributed by atoms with Crippen molar-refractivity contribution in [3.8, 4) is 11.5 Å². The van der Waals surface area contributed by atoms with Gasteiger partial charge in [0.15, 0.2) is 11.5 Å². The van der Waals surface area contributed by atoms with Gasteiger partial charge < -0.3 is 26.2 Å². The van der Waals surface area contributed by atoms with E-state index in [9.17, 15) is 10.2 Å². The van der Waals surface area contributed by atoms with Gasteiger partial charge in [-0.1, -0.05) is 6.07 Å². The number of hydrogen-bond acceptors (Lipinski definition) is 4. The fourth-order valence-corrected chi connectivity index (χ4v) is 6.78. The molecule has 0 aromatic heterocycles. The molecule has 0 spiro atoms. The zero-order valence-corrected chi connectivity index (χ0v) is 15.8. The van der Waals surface area contributed by atoms with Crippen molar-refractivity contribution in [2.75, 3.05) is 6.54 Å². The summed E-state index contributed by atoms with van der Waals surface area (Å²) in [5.74, 6) is 2.61. The van der Waals surface area contributed by atoms with E-state index in [1.807, 2.05) is 6.07 Å². The van der Waals surface area contributed by atoms with Gasteiger partial charge in [0.25, 0.3) is 0 Å². The second-order valence-electron chi connectivity index (χ2n) is 8.83. The lowest BCUT2D eigenvalue weighted by Gasteiger charge is -2.60. The summed E-state index contributed by atoms with van der Waals surface area (Å²) in [6.07, 6.45) is 8.72. The summed E-state index contributed by atoms with van der Waals surface area (Å²) in [5.41, 5.74) is 8.06. The van der Waals surface area contributed by atoms with Crippen molar-refractivity contribution in [1.29, 1.82) is 0 Å². The van der Waals surface area contributed by atoms with Crippen molar-refractivity contribution in [2.45, 2.75) is 57.2 Å². The number of nitrogens with two attached hydrogens (primary N) is 1. The molecular formula is C20H30ClNO4. The van der Waals surface area contributed by atoms with Gasteiger partial charge in [0.2, 0.25) is 0 Å². The zero-order chi connectivity index (χ0) is 16.5. The van der Waals surface area contributed by atoms with Crippen LogP contribution in [-0.4, -0.2) is 28.3 Å². The molecule has 26 heavy (non-hydrogen) atoms. The Hall–Kier alpha value is -1.01. The highest BCUT2D eigenvalue weighted by Gasteiger charge is 2.55. The number of ether oxygens (including phenoxy) is 1. The number of halogens is 1. The summed E-state index contributed by atoms with van der Waals surface area (Å²) in [6, 6.07) is 3.41. The smallest absolute Gasteiger partial charge is 0.161 e. The summed E-state index contributed by atoms with van der Waals surface area (Å²) in [7, 11) is 0. The number of fused-ring (bicyclic) bond motifs is 1. The molecule has 5 aliphatic rings. The summed E-state index contributed by atoms with van der Waals surface area (Å²) in [5, 5.41) is 20.3. The van der Waals surface area contributed by atoms with Crippen LogP contribution in [0.5, 0.6) is 11.5 Å². The van der Waals surface area contributed by atoms with Gasteiger partial charge in [0.1, 0.15) is 0 Å². The highest BCUT2D eigenvalue weighted by molar-refractivity contribution is 5.85. The van der Waals surface area contributed by atoms with Gasteiger partial charge >= 0.3 is 0 Å². The van der Waals surface area contributed by atoms with Crippen LogP contribution in [0.4, 0.5) is 0 Å². The molecule has 6 rings (SSSR count). The van der Waals surface area contributed by atoms with Gasteiger partial charge in [-0.05, 0) is 73.3 Å². The average molecular weight is 384 g/mol. The first-order valence-electron chi connectivity index (χ1n) is 9.47. The SMILES string of the molecule is Cl.NC[C@@H]1O[C@H](C23CC4CC(CC(C4)C2)C3)Cc2c1ccc(O)c2O.O. The number of phenols is 2. The Morgan fingerprint density at radius 3 is 2.15 bits per heavy atom. The topological polar surface area (TPSA) is 107 Å². The Balaban J connectivity index is 0.000000980. The third kappa shape index (κ3) is 2.80. The first-order valence-corrected chi connectivity index (χ1v) is 9.47. The van der Waals surface area contributed by atoms with E-state index < -0.39 is 0 Å².